The molecule has 0 aliphatic carbocycles. The standard InChI is InChI=1S/C20H19FN2O3/c1-26-13-5-12-23-19(24)17(14-6-3-2-4-7-14)18(20(23)25)22-16-10-8-15(21)9-11-16/h2-4,6-11,22H,5,12-13H2,1H3. The number of rotatable bonds is 7. The highest BCUT2D eigenvalue weighted by Gasteiger charge is 2.38. The first-order valence-corrected chi connectivity index (χ1v) is 8.29. The molecule has 0 atom stereocenters. The Morgan fingerprint density at radius 3 is 2.35 bits per heavy atom. The zero-order valence-corrected chi connectivity index (χ0v) is 14.4. The summed E-state index contributed by atoms with van der Waals surface area (Å²) in [6.45, 7) is 0.731. The van der Waals surface area contributed by atoms with Crippen molar-refractivity contribution in [2.45, 2.75) is 6.42 Å². The fraction of sp³-hybridized carbons (Fsp3) is 0.200. The molecule has 0 aromatic heterocycles. The van der Waals surface area contributed by atoms with Crippen LogP contribution < -0.4 is 5.32 Å². The van der Waals surface area contributed by atoms with Crippen LogP contribution in [0.3, 0.4) is 0 Å². The van der Waals surface area contributed by atoms with E-state index in [4.69, 9.17) is 4.74 Å². The summed E-state index contributed by atoms with van der Waals surface area (Å²) in [4.78, 5) is 26.9. The van der Waals surface area contributed by atoms with Crippen molar-refractivity contribution < 1.29 is 18.7 Å². The van der Waals surface area contributed by atoms with Crippen LogP contribution in [0, 0.1) is 5.82 Å². The number of amides is 2. The molecule has 0 bridgehead atoms. The minimum atomic E-state index is -0.394. The number of methoxy groups -OCH3 is 1. The van der Waals surface area contributed by atoms with Gasteiger partial charge in [-0.25, -0.2) is 4.39 Å². The Hall–Kier alpha value is -2.99. The van der Waals surface area contributed by atoms with E-state index in [0.29, 0.717) is 29.9 Å². The Balaban J connectivity index is 1.95. The minimum absolute atomic E-state index is 0.199. The van der Waals surface area contributed by atoms with Gasteiger partial charge in [-0.15, -0.1) is 0 Å². The Morgan fingerprint density at radius 2 is 1.69 bits per heavy atom. The van der Waals surface area contributed by atoms with Gasteiger partial charge in [0.25, 0.3) is 11.8 Å². The molecule has 0 fully saturated rings. The van der Waals surface area contributed by atoms with Crippen molar-refractivity contribution in [2.75, 3.05) is 25.6 Å². The highest BCUT2D eigenvalue weighted by molar-refractivity contribution is 6.36. The third-order valence-electron chi connectivity index (χ3n) is 4.07. The molecule has 2 aromatic carbocycles. The molecule has 0 unspecified atom stereocenters. The smallest absolute Gasteiger partial charge is 0.278 e. The molecular weight excluding hydrogens is 335 g/mol. The molecule has 1 aliphatic rings. The van der Waals surface area contributed by atoms with Gasteiger partial charge in [0.05, 0.1) is 5.57 Å². The van der Waals surface area contributed by atoms with E-state index in [9.17, 15) is 14.0 Å². The topological polar surface area (TPSA) is 58.6 Å². The zero-order chi connectivity index (χ0) is 18.5. The summed E-state index contributed by atoms with van der Waals surface area (Å²) in [7, 11) is 1.57. The van der Waals surface area contributed by atoms with E-state index in [1.807, 2.05) is 18.2 Å². The number of anilines is 1. The first kappa shape index (κ1) is 17.8. The van der Waals surface area contributed by atoms with Crippen molar-refractivity contribution in [1.82, 2.24) is 4.90 Å². The molecule has 2 aromatic rings. The number of hydrogen-bond acceptors (Lipinski definition) is 4. The quantitative estimate of drug-likeness (QED) is 0.613. The molecule has 134 valence electrons. The van der Waals surface area contributed by atoms with Gasteiger partial charge in [0.2, 0.25) is 0 Å². The van der Waals surface area contributed by atoms with Crippen molar-refractivity contribution in [3.05, 3.63) is 71.7 Å². The molecule has 1 heterocycles. The molecule has 0 saturated carbocycles. The number of hydrogen-bond donors (Lipinski definition) is 1. The fourth-order valence-corrected chi connectivity index (χ4v) is 2.81. The number of carbonyl (C=O) groups excluding carboxylic acids is 2. The van der Waals surface area contributed by atoms with E-state index in [-0.39, 0.29) is 24.0 Å². The lowest BCUT2D eigenvalue weighted by atomic mass is 10.0. The van der Waals surface area contributed by atoms with Crippen LogP contribution in [0.5, 0.6) is 0 Å². The highest BCUT2D eigenvalue weighted by atomic mass is 19.1. The average molecular weight is 354 g/mol. The SMILES string of the molecule is COCCCN1C(=O)C(Nc2ccc(F)cc2)=C(c2ccccc2)C1=O. The molecule has 0 saturated heterocycles. The van der Waals surface area contributed by atoms with Gasteiger partial charge in [-0.3, -0.25) is 14.5 Å². The van der Waals surface area contributed by atoms with Crippen molar-refractivity contribution in [2.24, 2.45) is 0 Å². The molecule has 26 heavy (non-hydrogen) atoms. The Morgan fingerprint density at radius 1 is 1.00 bits per heavy atom. The van der Waals surface area contributed by atoms with Crippen LogP contribution in [-0.4, -0.2) is 37.0 Å². The van der Waals surface area contributed by atoms with Crippen LogP contribution >= 0.6 is 0 Å². The largest absolute Gasteiger partial charge is 0.385 e. The van der Waals surface area contributed by atoms with Crippen LogP contribution in [0.2, 0.25) is 0 Å². The van der Waals surface area contributed by atoms with Crippen molar-refractivity contribution in [3.8, 4) is 0 Å². The van der Waals surface area contributed by atoms with E-state index < -0.39 is 5.91 Å². The summed E-state index contributed by atoms with van der Waals surface area (Å²) < 4.78 is 18.1. The van der Waals surface area contributed by atoms with Gasteiger partial charge in [0.15, 0.2) is 0 Å². The normalized spacial score (nSPS) is 14.3. The molecule has 6 heteroatoms. The number of ether oxygens (including phenoxy) is 1. The second kappa shape index (κ2) is 7.93. The van der Waals surface area contributed by atoms with E-state index in [0.717, 1.165) is 0 Å². The lowest BCUT2D eigenvalue weighted by Gasteiger charge is -2.14. The van der Waals surface area contributed by atoms with Gasteiger partial charge in [0, 0.05) is 25.9 Å². The fourth-order valence-electron chi connectivity index (χ4n) is 2.81. The maximum Gasteiger partial charge on any atom is 0.278 e. The predicted octanol–water partition coefficient (Wildman–Crippen LogP) is 3.05. The van der Waals surface area contributed by atoms with Gasteiger partial charge in [-0.1, -0.05) is 30.3 Å². The van der Waals surface area contributed by atoms with E-state index in [2.05, 4.69) is 5.32 Å². The molecule has 1 N–H and O–H groups in total. The van der Waals surface area contributed by atoms with Gasteiger partial charge in [-0.2, -0.15) is 0 Å². The maximum atomic E-state index is 13.1. The second-order valence-corrected chi connectivity index (χ2v) is 5.86. The molecule has 3 rings (SSSR count). The van der Waals surface area contributed by atoms with Gasteiger partial charge < -0.3 is 10.1 Å². The summed E-state index contributed by atoms with van der Waals surface area (Å²) >= 11 is 0. The number of nitrogens with zero attached hydrogens (tertiary/aromatic N) is 1. The van der Waals surface area contributed by atoms with Crippen molar-refractivity contribution >= 4 is 23.1 Å². The Bertz CT molecular complexity index is 832. The second-order valence-electron chi connectivity index (χ2n) is 5.86. The maximum absolute atomic E-state index is 13.1. The van der Waals surface area contributed by atoms with Gasteiger partial charge in [-0.05, 0) is 36.2 Å². The molecule has 0 spiro atoms. The summed E-state index contributed by atoms with van der Waals surface area (Å²) in [5.41, 5.74) is 1.71. The third-order valence-corrected chi connectivity index (χ3v) is 4.07. The number of nitrogens with one attached hydrogen (secondary N) is 1. The Kier molecular flexibility index (Phi) is 5.43. The molecule has 0 radical (unpaired) electrons. The number of imide groups is 1. The van der Waals surface area contributed by atoms with Crippen molar-refractivity contribution in [1.29, 1.82) is 0 Å². The van der Waals surface area contributed by atoms with E-state index in [1.54, 1.807) is 19.2 Å². The lowest BCUT2D eigenvalue weighted by molar-refractivity contribution is -0.136. The van der Waals surface area contributed by atoms with Gasteiger partial charge >= 0.3 is 0 Å². The summed E-state index contributed by atoms with van der Waals surface area (Å²) in [5.74, 6) is -1.11. The molecule has 1 aliphatic heterocycles. The minimum Gasteiger partial charge on any atom is -0.385 e. The van der Waals surface area contributed by atoms with Gasteiger partial charge in [0.1, 0.15) is 11.5 Å². The van der Waals surface area contributed by atoms with Crippen LogP contribution in [0.15, 0.2) is 60.3 Å². The number of halogens is 1. The van der Waals surface area contributed by atoms with E-state index >= 15 is 0 Å². The molecule has 5 nitrogen and oxygen atoms in total. The average Bonchev–Trinajstić information content (AvgIpc) is 2.88. The summed E-state index contributed by atoms with van der Waals surface area (Å²) in [6, 6.07) is 14.7. The summed E-state index contributed by atoms with van der Waals surface area (Å²) in [6.07, 6.45) is 0.555. The van der Waals surface area contributed by atoms with E-state index in [1.165, 1.54) is 29.2 Å². The molecule has 2 amide bonds. The lowest BCUT2D eigenvalue weighted by Crippen LogP contribution is -2.33. The zero-order valence-electron chi connectivity index (χ0n) is 14.4. The third kappa shape index (κ3) is 3.65. The predicted molar refractivity (Wildman–Crippen MR) is 96.6 cm³/mol. The van der Waals surface area contributed by atoms with Crippen molar-refractivity contribution in [3.63, 3.8) is 0 Å². The summed E-state index contributed by atoms with van der Waals surface area (Å²) in [5, 5.41) is 2.99. The first-order chi connectivity index (χ1) is 12.6. The van der Waals surface area contributed by atoms with Crippen LogP contribution in [-0.2, 0) is 14.3 Å². The van der Waals surface area contributed by atoms with Crippen LogP contribution in [0.1, 0.15) is 12.0 Å². The Labute approximate surface area is 151 Å². The van der Waals surface area contributed by atoms with Crippen LogP contribution in [0.4, 0.5) is 10.1 Å². The monoisotopic (exact) mass is 354 g/mol. The van der Waals surface area contributed by atoms with Crippen LogP contribution in [0.25, 0.3) is 5.57 Å². The highest BCUT2D eigenvalue weighted by Crippen LogP contribution is 2.30. The molecular formula is C20H19FN2O3. The number of benzene rings is 2. The number of carbonyl (C=O) groups is 2. The first-order valence-electron chi connectivity index (χ1n) is 8.29.